The normalized spacial score (nSPS) is 16.8. The second-order valence-electron chi connectivity index (χ2n) is 6.47. The minimum Gasteiger partial charge on any atom is -0.361 e. The molecule has 1 aromatic carbocycles. The molecule has 0 N–H and O–H groups in total. The number of tetrazole rings is 1. The van der Waals surface area contributed by atoms with Crippen LogP contribution in [0, 0.1) is 10.1 Å². The van der Waals surface area contributed by atoms with Crippen LogP contribution in [0.4, 0.5) is 5.69 Å². The van der Waals surface area contributed by atoms with Crippen LogP contribution in [0.2, 0.25) is 0 Å². The molecule has 11 heteroatoms. The predicted octanol–water partition coefficient (Wildman–Crippen LogP) is 1.89. The lowest BCUT2D eigenvalue weighted by atomic mass is 9.96. The van der Waals surface area contributed by atoms with E-state index in [9.17, 15) is 14.9 Å². The molecule has 1 unspecified atom stereocenters. The fourth-order valence-corrected chi connectivity index (χ4v) is 3.35. The highest BCUT2D eigenvalue weighted by Gasteiger charge is 2.29. The summed E-state index contributed by atoms with van der Waals surface area (Å²) in [7, 11) is 1.54. The molecule has 2 heterocycles. The van der Waals surface area contributed by atoms with Gasteiger partial charge < -0.3 is 9.64 Å². The third-order valence-corrected chi connectivity index (χ3v) is 4.94. The number of carbonyl (C=O) groups excluding carboxylic acids is 1. The topological polar surface area (TPSA) is 116 Å². The van der Waals surface area contributed by atoms with Gasteiger partial charge in [0, 0.05) is 37.8 Å². The van der Waals surface area contributed by atoms with Crippen LogP contribution in [0.1, 0.15) is 30.1 Å². The van der Waals surface area contributed by atoms with E-state index in [-0.39, 0.29) is 34.7 Å². The summed E-state index contributed by atoms with van der Waals surface area (Å²) in [5.41, 5.74) is 0.444. The first-order valence-corrected chi connectivity index (χ1v) is 9.08. The molecule has 148 valence electrons. The van der Waals surface area contributed by atoms with Gasteiger partial charge in [-0.05, 0) is 29.7 Å². The highest BCUT2D eigenvalue weighted by Crippen LogP contribution is 2.29. The number of aromatic nitrogens is 4. The minimum absolute atomic E-state index is 0.0368. The third kappa shape index (κ3) is 4.20. The number of nitrogens with zero attached hydrogens (tertiary/aromatic N) is 6. The van der Waals surface area contributed by atoms with Gasteiger partial charge in [0.25, 0.3) is 11.6 Å². The molecule has 1 aromatic heterocycles. The molecule has 0 radical (unpaired) electrons. The number of nitro groups is 1. The first-order chi connectivity index (χ1) is 13.4. The minimum atomic E-state index is -0.532. The fraction of sp³-hybridized carbons (Fsp3) is 0.412. The predicted molar refractivity (Wildman–Crippen MR) is 103 cm³/mol. The van der Waals surface area contributed by atoms with E-state index in [1.165, 1.54) is 16.9 Å². The summed E-state index contributed by atoms with van der Waals surface area (Å²) in [6, 6.07) is 4.42. The summed E-state index contributed by atoms with van der Waals surface area (Å²) >= 11 is 4.08. The SMILES string of the molecule is C=C(C(=O)N1CCCC(c2nnn(COC)n2)C1)c1ccc(S)c([N+](=O)[O-])c1. The van der Waals surface area contributed by atoms with Gasteiger partial charge in [-0.25, -0.2) is 0 Å². The fourth-order valence-electron chi connectivity index (χ4n) is 3.13. The molecule has 1 fully saturated rings. The largest absolute Gasteiger partial charge is 0.361 e. The summed E-state index contributed by atoms with van der Waals surface area (Å²) in [5, 5.41) is 23.4. The zero-order valence-electron chi connectivity index (χ0n) is 15.3. The Morgan fingerprint density at radius 3 is 3.00 bits per heavy atom. The molecule has 1 amide bonds. The van der Waals surface area contributed by atoms with Crippen molar-refractivity contribution in [3.8, 4) is 0 Å². The number of piperidine rings is 1. The van der Waals surface area contributed by atoms with Crippen molar-refractivity contribution in [1.29, 1.82) is 0 Å². The molecule has 0 bridgehead atoms. The van der Waals surface area contributed by atoms with Crippen LogP contribution < -0.4 is 0 Å². The number of hydrogen-bond acceptors (Lipinski definition) is 8. The quantitative estimate of drug-likeness (QED) is 0.338. The summed E-state index contributed by atoms with van der Waals surface area (Å²) in [6.45, 7) is 5.07. The van der Waals surface area contributed by atoms with Crippen LogP contribution in [0.5, 0.6) is 0 Å². The standard InChI is InChI=1S/C17H20N6O4S/c1-11(12-5-6-15(28)14(8-12)23(25)26)17(24)21-7-3-4-13(9-21)16-18-20-22(19-16)10-27-2/h5-6,8,13,28H,1,3-4,7,9-10H2,2H3. The maximum atomic E-state index is 12.9. The van der Waals surface area contributed by atoms with E-state index in [0.29, 0.717) is 24.5 Å². The Morgan fingerprint density at radius 1 is 1.50 bits per heavy atom. The van der Waals surface area contributed by atoms with E-state index in [2.05, 4.69) is 34.6 Å². The Balaban J connectivity index is 1.73. The molecule has 1 atom stereocenters. The molecule has 1 saturated heterocycles. The smallest absolute Gasteiger partial charge is 0.283 e. The van der Waals surface area contributed by atoms with Gasteiger partial charge in [0.1, 0.15) is 0 Å². The lowest BCUT2D eigenvalue weighted by Crippen LogP contribution is -2.39. The van der Waals surface area contributed by atoms with Crippen LogP contribution in [0.25, 0.3) is 5.57 Å². The molecule has 0 saturated carbocycles. The molecular weight excluding hydrogens is 384 g/mol. The van der Waals surface area contributed by atoms with Crippen molar-refractivity contribution in [2.24, 2.45) is 0 Å². The Bertz CT molecular complexity index is 915. The van der Waals surface area contributed by atoms with E-state index in [1.807, 2.05) is 0 Å². The lowest BCUT2D eigenvalue weighted by molar-refractivity contribution is -0.387. The van der Waals surface area contributed by atoms with Crippen molar-refractivity contribution in [2.75, 3.05) is 20.2 Å². The number of benzene rings is 1. The second-order valence-corrected chi connectivity index (χ2v) is 6.95. The molecule has 1 aliphatic rings. The first-order valence-electron chi connectivity index (χ1n) is 8.63. The van der Waals surface area contributed by atoms with Gasteiger partial charge >= 0.3 is 0 Å². The maximum Gasteiger partial charge on any atom is 0.283 e. The van der Waals surface area contributed by atoms with Crippen molar-refractivity contribution in [2.45, 2.75) is 30.4 Å². The first kappa shape index (κ1) is 20.0. The van der Waals surface area contributed by atoms with E-state index in [4.69, 9.17) is 4.74 Å². The highest BCUT2D eigenvalue weighted by atomic mass is 32.1. The van der Waals surface area contributed by atoms with Gasteiger partial charge in [0.15, 0.2) is 12.6 Å². The number of nitro benzene ring substituents is 1. The number of carbonyl (C=O) groups is 1. The van der Waals surface area contributed by atoms with E-state index in [0.717, 1.165) is 12.8 Å². The van der Waals surface area contributed by atoms with Gasteiger partial charge in [-0.15, -0.1) is 27.6 Å². The second kappa shape index (κ2) is 8.48. The summed E-state index contributed by atoms with van der Waals surface area (Å²) in [5.74, 6) is 0.260. The molecule has 10 nitrogen and oxygen atoms in total. The van der Waals surface area contributed by atoms with Crippen molar-refractivity contribution in [1.82, 2.24) is 25.1 Å². The van der Waals surface area contributed by atoms with Crippen molar-refractivity contribution in [3.05, 3.63) is 46.3 Å². The average Bonchev–Trinajstić information content (AvgIpc) is 3.16. The zero-order chi connectivity index (χ0) is 20.3. The maximum absolute atomic E-state index is 12.9. The molecule has 1 aliphatic heterocycles. The van der Waals surface area contributed by atoms with Gasteiger partial charge in [-0.2, -0.15) is 0 Å². The van der Waals surface area contributed by atoms with Crippen LogP contribution in [0.15, 0.2) is 29.7 Å². The van der Waals surface area contributed by atoms with E-state index in [1.54, 1.807) is 18.1 Å². The average molecular weight is 404 g/mol. The van der Waals surface area contributed by atoms with E-state index < -0.39 is 4.92 Å². The van der Waals surface area contributed by atoms with Crippen LogP contribution in [-0.2, 0) is 16.3 Å². The monoisotopic (exact) mass is 404 g/mol. The van der Waals surface area contributed by atoms with Crippen molar-refractivity contribution >= 4 is 29.8 Å². The molecule has 0 spiro atoms. The van der Waals surface area contributed by atoms with Crippen LogP contribution in [0.3, 0.4) is 0 Å². The lowest BCUT2D eigenvalue weighted by Gasteiger charge is -2.31. The molecule has 2 aromatic rings. The summed E-state index contributed by atoms with van der Waals surface area (Å²) < 4.78 is 4.97. The van der Waals surface area contributed by atoms with Crippen LogP contribution >= 0.6 is 12.6 Å². The Morgan fingerprint density at radius 2 is 2.29 bits per heavy atom. The van der Waals surface area contributed by atoms with E-state index >= 15 is 0 Å². The third-order valence-electron chi connectivity index (χ3n) is 4.57. The van der Waals surface area contributed by atoms with Gasteiger partial charge in [-0.3, -0.25) is 14.9 Å². The van der Waals surface area contributed by atoms with Crippen molar-refractivity contribution in [3.63, 3.8) is 0 Å². The van der Waals surface area contributed by atoms with Gasteiger partial charge in [0.05, 0.1) is 9.82 Å². The Hall–Kier alpha value is -2.79. The number of likely N-dealkylation sites (tertiary alicyclic amines) is 1. The van der Waals surface area contributed by atoms with Crippen LogP contribution in [-0.4, -0.2) is 56.1 Å². The zero-order valence-corrected chi connectivity index (χ0v) is 16.2. The Kier molecular flexibility index (Phi) is 6.05. The number of thiol groups is 1. The van der Waals surface area contributed by atoms with Gasteiger partial charge in [-0.1, -0.05) is 12.6 Å². The number of ether oxygens (including phenoxy) is 1. The Labute approximate surface area is 166 Å². The molecule has 0 aliphatic carbocycles. The van der Waals surface area contributed by atoms with Crippen molar-refractivity contribution < 1.29 is 14.5 Å². The summed E-state index contributed by atoms with van der Waals surface area (Å²) in [6.07, 6.45) is 1.63. The number of methoxy groups -OCH3 is 1. The number of hydrogen-bond donors (Lipinski definition) is 1. The molecule has 28 heavy (non-hydrogen) atoms. The molecular formula is C17H20N6O4S. The number of amides is 1. The van der Waals surface area contributed by atoms with Gasteiger partial charge in [0.2, 0.25) is 0 Å². The molecule has 3 rings (SSSR count). The highest BCUT2D eigenvalue weighted by molar-refractivity contribution is 7.80. The number of rotatable bonds is 6. The summed E-state index contributed by atoms with van der Waals surface area (Å²) in [4.78, 5) is 26.8.